The molecule has 0 aromatic carbocycles. The van der Waals surface area contributed by atoms with Gasteiger partial charge in [-0.1, -0.05) is 0 Å². The Morgan fingerprint density at radius 3 is 2.88 bits per heavy atom. The molecule has 17 heavy (non-hydrogen) atoms. The van der Waals surface area contributed by atoms with E-state index in [2.05, 4.69) is 15.9 Å². The number of hydrogen-bond donors (Lipinski definition) is 1. The molecule has 1 unspecified atom stereocenters. The van der Waals surface area contributed by atoms with Gasteiger partial charge in [0.2, 0.25) is 5.92 Å². The first-order chi connectivity index (χ1) is 7.87. The van der Waals surface area contributed by atoms with Gasteiger partial charge in [0.15, 0.2) is 0 Å². The van der Waals surface area contributed by atoms with E-state index in [9.17, 15) is 13.6 Å². The topological polar surface area (TPSA) is 48.0 Å². The average molecular weight is 307 g/mol. The zero-order chi connectivity index (χ0) is 12.6. The van der Waals surface area contributed by atoms with E-state index in [0.29, 0.717) is 23.1 Å². The first kappa shape index (κ1) is 12.5. The zero-order valence-electron chi connectivity index (χ0n) is 9.13. The van der Waals surface area contributed by atoms with Crippen molar-refractivity contribution in [3.05, 3.63) is 27.1 Å². The summed E-state index contributed by atoms with van der Waals surface area (Å²) in [5.41, 5.74) is 5.84. The fraction of sp³-hybridized carbons (Fsp3) is 0.545. The minimum absolute atomic E-state index is 0.0874. The third kappa shape index (κ3) is 2.86. The minimum Gasteiger partial charge on any atom is -0.398 e. The van der Waals surface area contributed by atoms with Crippen LogP contribution in [0.15, 0.2) is 21.5 Å². The predicted octanol–water partition coefficient (Wildman–Crippen LogP) is 2.63. The van der Waals surface area contributed by atoms with Gasteiger partial charge in [-0.3, -0.25) is 4.79 Å². The number of nitrogen functional groups attached to an aromatic ring is 1. The Morgan fingerprint density at radius 2 is 2.29 bits per heavy atom. The van der Waals surface area contributed by atoms with Gasteiger partial charge in [0, 0.05) is 31.3 Å². The minimum atomic E-state index is -2.58. The van der Waals surface area contributed by atoms with Crippen LogP contribution in [0.3, 0.4) is 0 Å². The summed E-state index contributed by atoms with van der Waals surface area (Å²) < 4.78 is 27.8. The standard InChI is InChI=1S/C11H13BrF2N2O/c12-9-3-8(15)6-16(10(9)17)5-7-1-2-11(13,14)4-7/h3,6-7H,1-2,4-5,15H2. The number of hydrogen-bond acceptors (Lipinski definition) is 2. The molecule has 0 saturated heterocycles. The van der Waals surface area contributed by atoms with E-state index in [1.807, 2.05) is 0 Å². The van der Waals surface area contributed by atoms with Crippen molar-refractivity contribution >= 4 is 21.6 Å². The molecule has 2 rings (SSSR count). The first-order valence-electron chi connectivity index (χ1n) is 5.41. The van der Waals surface area contributed by atoms with Crippen molar-refractivity contribution < 1.29 is 8.78 Å². The summed E-state index contributed by atoms with van der Waals surface area (Å²) in [4.78, 5) is 11.7. The van der Waals surface area contributed by atoms with E-state index in [-0.39, 0.29) is 24.3 Å². The number of halogens is 3. The van der Waals surface area contributed by atoms with Crippen molar-refractivity contribution in [1.82, 2.24) is 4.57 Å². The lowest BCUT2D eigenvalue weighted by Gasteiger charge is -2.13. The van der Waals surface area contributed by atoms with Gasteiger partial charge in [0.05, 0.1) is 4.47 Å². The fourth-order valence-corrected chi connectivity index (χ4v) is 2.72. The van der Waals surface area contributed by atoms with E-state index >= 15 is 0 Å². The summed E-state index contributed by atoms with van der Waals surface area (Å²) in [5.74, 6) is -2.73. The Balaban J connectivity index is 2.17. The smallest absolute Gasteiger partial charge is 0.264 e. The molecule has 0 aliphatic heterocycles. The molecule has 1 aliphatic carbocycles. The highest BCUT2D eigenvalue weighted by atomic mass is 79.9. The molecule has 1 saturated carbocycles. The number of anilines is 1. The Hall–Kier alpha value is -0.910. The summed E-state index contributed by atoms with van der Waals surface area (Å²) in [6, 6.07) is 1.52. The van der Waals surface area contributed by atoms with E-state index in [1.165, 1.54) is 16.8 Å². The summed E-state index contributed by atoms with van der Waals surface area (Å²) >= 11 is 3.11. The van der Waals surface area contributed by atoms with Crippen molar-refractivity contribution in [2.75, 3.05) is 5.73 Å². The zero-order valence-corrected chi connectivity index (χ0v) is 10.7. The molecule has 1 fully saturated rings. The molecule has 0 spiro atoms. The number of pyridine rings is 1. The summed E-state index contributed by atoms with van der Waals surface area (Å²) in [6.45, 7) is 0.304. The molecule has 0 amide bonds. The first-order valence-corrected chi connectivity index (χ1v) is 6.20. The van der Waals surface area contributed by atoms with E-state index in [0.717, 1.165) is 0 Å². The second kappa shape index (κ2) is 4.40. The van der Waals surface area contributed by atoms with Crippen LogP contribution in [0.4, 0.5) is 14.5 Å². The van der Waals surface area contributed by atoms with E-state index < -0.39 is 5.92 Å². The predicted molar refractivity (Wildman–Crippen MR) is 65.1 cm³/mol. The number of nitrogens with two attached hydrogens (primary N) is 1. The van der Waals surface area contributed by atoms with Crippen molar-refractivity contribution in [2.24, 2.45) is 5.92 Å². The van der Waals surface area contributed by atoms with Crippen LogP contribution in [-0.4, -0.2) is 10.5 Å². The van der Waals surface area contributed by atoms with Gasteiger partial charge in [-0.15, -0.1) is 0 Å². The highest BCUT2D eigenvalue weighted by Gasteiger charge is 2.39. The van der Waals surface area contributed by atoms with Crippen LogP contribution in [0.25, 0.3) is 0 Å². The summed E-state index contributed by atoms with van der Waals surface area (Å²) in [6.07, 6.45) is 1.72. The lowest BCUT2D eigenvalue weighted by atomic mass is 10.1. The molecule has 94 valence electrons. The van der Waals surface area contributed by atoms with Crippen LogP contribution in [0.5, 0.6) is 0 Å². The molecular formula is C11H13BrF2N2O. The quantitative estimate of drug-likeness (QED) is 0.913. The van der Waals surface area contributed by atoms with E-state index in [4.69, 9.17) is 5.73 Å². The molecule has 0 bridgehead atoms. The second-order valence-electron chi connectivity index (χ2n) is 4.54. The number of rotatable bonds is 2. The number of alkyl halides is 2. The lowest BCUT2D eigenvalue weighted by Crippen LogP contribution is -2.24. The fourth-order valence-electron chi connectivity index (χ4n) is 2.23. The maximum Gasteiger partial charge on any atom is 0.264 e. The molecule has 2 N–H and O–H groups in total. The molecule has 0 radical (unpaired) electrons. The van der Waals surface area contributed by atoms with Crippen LogP contribution in [0, 0.1) is 5.92 Å². The molecule has 1 aliphatic rings. The Bertz CT molecular complexity index is 487. The molecule has 1 aromatic rings. The molecular weight excluding hydrogens is 294 g/mol. The van der Waals surface area contributed by atoms with Crippen LogP contribution in [0.2, 0.25) is 0 Å². The highest BCUT2D eigenvalue weighted by molar-refractivity contribution is 9.10. The van der Waals surface area contributed by atoms with Gasteiger partial charge in [-0.05, 0) is 34.3 Å². The maximum absolute atomic E-state index is 13.0. The molecule has 1 heterocycles. The van der Waals surface area contributed by atoms with Crippen LogP contribution < -0.4 is 11.3 Å². The van der Waals surface area contributed by atoms with Crippen molar-refractivity contribution in [1.29, 1.82) is 0 Å². The second-order valence-corrected chi connectivity index (χ2v) is 5.40. The maximum atomic E-state index is 13.0. The molecule has 6 heteroatoms. The molecule has 1 atom stereocenters. The highest BCUT2D eigenvalue weighted by Crippen LogP contribution is 2.39. The van der Waals surface area contributed by atoms with E-state index in [1.54, 1.807) is 0 Å². The normalized spacial score (nSPS) is 22.9. The molecule has 1 aromatic heterocycles. The van der Waals surface area contributed by atoms with Gasteiger partial charge in [0.1, 0.15) is 0 Å². The van der Waals surface area contributed by atoms with Gasteiger partial charge in [-0.2, -0.15) is 0 Å². The van der Waals surface area contributed by atoms with Crippen LogP contribution in [0.1, 0.15) is 19.3 Å². The SMILES string of the molecule is Nc1cc(Br)c(=O)n(CC2CCC(F)(F)C2)c1. The largest absolute Gasteiger partial charge is 0.398 e. The Morgan fingerprint density at radius 1 is 1.59 bits per heavy atom. The lowest BCUT2D eigenvalue weighted by molar-refractivity contribution is 0.00432. The Kier molecular flexibility index (Phi) is 3.25. The van der Waals surface area contributed by atoms with Gasteiger partial charge >= 0.3 is 0 Å². The summed E-state index contributed by atoms with van der Waals surface area (Å²) in [7, 11) is 0. The van der Waals surface area contributed by atoms with Crippen molar-refractivity contribution in [2.45, 2.75) is 31.7 Å². The number of nitrogens with zero attached hydrogens (tertiary/aromatic N) is 1. The van der Waals surface area contributed by atoms with Crippen LogP contribution in [-0.2, 0) is 6.54 Å². The third-order valence-corrected chi connectivity index (χ3v) is 3.59. The third-order valence-electron chi connectivity index (χ3n) is 3.02. The summed E-state index contributed by atoms with van der Waals surface area (Å²) in [5, 5.41) is 0. The van der Waals surface area contributed by atoms with Crippen LogP contribution >= 0.6 is 15.9 Å². The van der Waals surface area contributed by atoms with Crippen molar-refractivity contribution in [3.63, 3.8) is 0 Å². The average Bonchev–Trinajstić information content (AvgIpc) is 2.54. The van der Waals surface area contributed by atoms with Gasteiger partial charge in [0.25, 0.3) is 5.56 Å². The monoisotopic (exact) mass is 306 g/mol. The van der Waals surface area contributed by atoms with Gasteiger partial charge < -0.3 is 10.3 Å². The Labute approximate surface area is 106 Å². The molecule has 3 nitrogen and oxygen atoms in total. The van der Waals surface area contributed by atoms with Crippen molar-refractivity contribution in [3.8, 4) is 0 Å². The van der Waals surface area contributed by atoms with Gasteiger partial charge in [-0.25, -0.2) is 8.78 Å². The number of aromatic nitrogens is 1.